The van der Waals surface area contributed by atoms with Crippen molar-refractivity contribution in [3.8, 4) is 5.75 Å². The summed E-state index contributed by atoms with van der Waals surface area (Å²) in [5.74, 6) is -2.37. The van der Waals surface area contributed by atoms with Gasteiger partial charge < -0.3 is 10.1 Å². The Morgan fingerprint density at radius 3 is 2.42 bits per heavy atom. The summed E-state index contributed by atoms with van der Waals surface area (Å²) in [5.41, 5.74) is -0.00203. The normalized spacial score (nSPS) is 11.0. The number of carbonyl (C=O) groups is 2. The van der Waals surface area contributed by atoms with Crippen LogP contribution in [0.1, 0.15) is 24.2 Å². The SMILES string of the molecule is CCOc1ccc(C(C)=O)cc1NC(=O)C(F)(F)F. The molecular weight excluding hydrogens is 263 g/mol. The monoisotopic (exact) mass is 275 g/mol. The molecule has 1 amide bonds. The summed E-state index contributed by atoms with van der Waals surface area (Å²) < 4.78 is 41.7. The third-order valence-corrected chi connectivity index (χ3v) is 2.19. The molecule has 0 aromatic heterocycles. The number of ketones is 1. The van der Waals surface area contributed by atoms with Gasteiger partial charge in [-0.25, -0.2) is 0 Å². The van der Waals surface area contributed by atoms with E-state index in [0.29, 0.717) is 0 Å². The Bertz CT molecular complexity index is 497. The fourth-order valence-corrected chi connectivity index (χ4v) is 1.32. The van der Waals surface area contributed by atoms with Gasteiger partial charge in [-0.05, 0) is 32.0 Å². The predicted molar refractivity (Wildman–Crippen MR) is 62.3 cm³/mol. The highest BCUT2D eigenvalue weighted by Gasteiger charge is 2.39. The number of halogens is 3. The van der Waals surface area contributed by atoms with Crippen molar-refractivity contribution >= 4 is 17.4 Å². The highest BCUT2D eigenvalue weighted by atomic mass is 19.4. The van der Waals surface area contributed by atoms with Gasteiger partial charge in [0.25, 0.3) is 0 Å². The van der Waals surface area contributed by atoms with Crippen LogP contribution < -0.4 is 10.1 Å². The second-order valence-corrected chi connectivity index (χ2v) is 3.65. The number of anilines is 1. The van der Waals surface area contributed by atoms with Crippen molar-refractivity contribution in [2.75, 3.05) is 11.9 Å². The van der Waals surface area contributed by atoms with Gasteiger partial charge in [0.1, 0.15) is 5.75 Å². The van der Waals surface area contributed by atoms with Gasteiger partial charge in [0.2, 0.25) is 0 Å². The Hall–Kier alpha value is -2.05. The molecule has 0 aliphatic heterocycles. The van der Waals surface area contributed by atoms with Crippen molar-refractivity contribution in [3.63, 3.8) is 0 Å². The smallest absolute Gasteiger partial charge is 0.471 e. The summed E-state index contributed by atoms with van der Waals surface area (Å²) in [4.78, 5) is 22.1. The minimum atomic E-state index is -5.00. The van der Waals surface area contributed by atoms with Gasteiger partial charge in [0, 0.05) is 5.56 Å². The molecule has 104 valence electrons. The van der Waals surface area contributed by atoms with E-state index in [1.54, 1.807) is 12.2 Å². The van der Waals surface area contributed by atoms with E-state index in [1.807, 2.05) is 0 Å². The molecule has 0 unspecified atom stereocenters. The van der Waals surface area contributed by atoms with Crippen LogP contribution in [-0.2, 0) is 4.79 Å². The summed E-state index contributed by atoms with van der Waals surface area (Å²) in [6.45, 7) is 3.13. The molecule has 19 heavy (non-hydrogen) atoms. The van der Waals surface area contributed by atoms with E-state index in [-0.39, 0.29) is 29.4 Å². The van der Waals surface area contributed by atoms with Gasteiger partial charge in [0.05, 0.1) is 12.3 Å². The highest BCUT2D eigenvalue weighted by Crippen LogP contribution is 2.28. The van der Waals surface area contributed by atoms with Crippen LogP contribution in [0, 0.1) is 0 Å². The van der Waals surface area contributed by atoms with E-state index in [2.05, 4.69) is 0 Å². The van der Waals surface area contributed by atoms with Crippen LogP contribution in [0.15, 0.2) is 18.2 Å². The van der Waals surface area contributed by atoms with Crippen molar-refractivity contribution in [2.45, 2.75) is 20.0 Å². The fraction of sp³-hybridized carbons (Fsp3) is 0.333. The summed E-state index contributed by atoms with van der Waals surface area (Å²) in [6.07, 6.45) is -5.00. The van der Waals surface area contributed by atoms with E-state index in [4.69, 9.17) is 4.74 Å². The minimum absolute atomic E-state index is 0.0742. The van der Waals surface area contributed by atoms with Crippen LogP contribution in [0.3, 0.4) is 0 Å². The third kappa shape index (κ3) is 3.97. The Morgan fingerprint density at radius 1 is 1.32 bits per heavy atom. The molecule has 4 nitrogen and oxygen atoms in total. The van der Waals surface area contributed by atoms with Gasteiger partial charge in [-0.1, -0.05) is 0 Å². The minimum Gasteiger partial charge on any atom is -0.492 e. The first-order valence-corrected chi connectivity index (χ1v) is 5.41. The van der Waals surface area contributed by atoms with Crippen molar-refractivity contribution < 1.29 is 27.5 Å². The number of hydrogen-bond acceptors (Lipinski definition) is 3. The molecule has 0 radical (unpaired) electrons. The quantitative estimate of drug-likeness (QED) is 0.860. The van der Waals surface area contributed by atoms with Crippen molar-refractivity contribution in [2.24, 2.45) is 0 Å². The van der Waals surface area contributed by atoms with E-state index in [1.165, 1.54) is 19.1 Å². The number of hydrogen-bond donors (Lipinski definition) is 1. The number of nitrogens with one attached hydrogen (secondary N) is 1. The number of benzene rings is 1. The van der Waals surface area contributed by atoms with Gasteiger partial charge in [-0.15, -0.1) is 0 Å². The molecule has 0 aliphatic carbocycles. The number of amides is 1. The first-order chi connectivity index (χ1) is 8.75. The van der Waals surface area contributed by atoms with E-state index < -0.39 is 12.1 Å². The van der Waals surface area contributed by atoms with Crippen LogP contribution in [0.25, 0.3) is 0 Å². The van der Waals surface area contributed by atoms with Crippen molar-refractivity contribution in [1.82, 2.24) is 0 Å². The standard InChI is InChI=1S/C12H12F3NO3/c1-3-19-10-5-4-8(7(2)17)6-9(10)16-11(18)12(13,14)15/h4-6H,3H2,1-2H3,(H,16,18). The number of alkyl halides is 3. The molecule has 0 saturated carbocycles. The Kier molecular flexibility index (Phi) is 4.52. The summed E-state index contributed by atoms with van der Waals surface area (Å²) in [6, 6.07) is 3.90. The van der Waals surface area contributed by atoms with E-state index in [0.717, 1.165) is 6.07 Å². The molecule has 0 fully saturated rings. The molecule has 0 atom stereocenters. The first-order valence-electron chi connectivity index (χ1n) is 5.41. The van der Waals surface area contributed by atoms with Crippen molar-refractivity contribution in [3.05, 3.63) is 23.8 Å². The molecule has 1 N–H and O–H groups in total. The Morgan fingerprint density at radius 2 is 1.95 bits per heavy atom. The molecule has 0 saturated heterocycles. The lowest BCUT2D eigenvalue weighted by atomic mass is 10.1. The molecular formula is C12H12F3NO3. The lowest BCUT2D eigenvalue weighted by Crippen LogP contribution is -2.30. The van der Waals surface area contributed by atoms with Crippen LogP contribution in [0.4, 0.5) is 18.9 Å². The lowest BCUT2D eigenvalue weighted by molar-refractivity contribution is -0.167. The predicted octanol–water partition coefficient (Wildman–Crippen LogP) is 2.79. The lowest BCUT2D eigenvalue weighted by Gasteiger charge is -2.13. The average molecular weight is 275 g/mol. The second kappa shape index (κ2) is 5.73. The van der Waals surface area contributed by atoms with Gasteiger partial charge in [-0.3, -0.25) is 9.59 Å². The maximum absolute atomic E-state index is 12.2. The maximum atomic E-state index is 12.2. The van der Waals surface area contributed by atoms with Gasteiger partial charge >= 0.3 is 12.1 Å². The van der Waals surface area contributed by atoms with Crippen LogP contribution in [-0.4, -0.2) is 24.5 Å². The Balaban J connectivity index is 3.10. The zero-order chi connectivity index (χ0) is 14.6. The molecule has 1 aromatic carbocycles. The van der Waals surface area contributed by atoms with Crippen LogP contribution in [0.2, 0.25) is 0 Å². The third-order valence-electron chi connectivity index (χ3n) is 2.19. The molecule has 1 rings (SSSR count). The largest absolute Gasteiger partial charge is 0.492 e. The highest BCUT2D eigenvalue weighted by molar-refractivity contribution is 5.99. The maximum Gasteiger partial charge on any atom is 0.471 e. The van der Waals surface area contributed by atoms with Crippen LogP contribution in [0.5, 0.6) is 5.75 Å². The Labute approximate surface area is 107 Å². The average Bonchev–Trinajstić information content (AvgIpc) is 2.30. The zero-order valence-electron chi connectivity index (χ0n) is 10.3. The van der Waals surface area contributed by atoms with Gasteiger partial charge in [-0.2, -0.15) is 13.2 Å². The van der Waals surface area contributed by atoms with E-state index >= 15 is 0 Å². The van der Waals surface area contributed by atoms with Gasteiger partial charge in [0.15, 0.2) is 5.78 Å². The molecule has 0 bridgehead atoms. The second-order valence-electron chi connectivity index (χ2n) is 3.65. The van der Waals surface area contributed by atoms with Crippen LogP contribution >= 0.6 is 0 Å². The summed E-state index contributed by atoms with van der Waals surface area (Å²) >= 11 is 0. The molecule has 0 heterocycles. The topological polar surface area (TPSA) is 55.4 Å². The fourth-order valence-electron chi connectivity index (χ4n) is 1.32. The summed E-state index contributed by atoms with van der Waals surface area (Å²) in [5, 5.41) is 1.69. The number of rotatable bonds is 4. The molecule has 7 heteroatoms. The zero-order valence-corrected chi connectivity index (χ0v) is 10.3. The number of ether oxygens (including phenoxy) is 1. The molecule has 0 spiro atoms. The summed E-state index contributed by atoms with van der Waals surface area (Å²) in [7, 11) is 0. The first kappa shape index (κ1) is 15.0. The van der Waals surface area contributed by atoms with E-state index in [9.17, 15) is 22.8 Å². The number of carbonyl (C=O) groups excluding carboxylic acids is 2. The molecule has 0 aliphatic rings. The molecule has 1 aromatic rings. The number of Topliss-reactive ketones (excluding diaryl/α,β-unsaturated/α-hetero) is 1. The van der Waals surface area contributed by atoms with Crippen molar-refractivity contribution in [1.29, 1.82) is 0 Å².